The van der Waals surface area contributed by atoms with Crippen LogP contribution in [0.2, 0.25) is 0 Å². The van der Waals surface area contributed by atoms with Crippen molar-refractivity contribution in [2.45, 2.75) is 50.9 Å². The van der Waals surface area contributed by atoms with Crippen LogP contribution < -0.4 is 0 Å². The smallest absolute Gasteiger partial charge is 0.116 e. The highest BCUT2D eigenvalue weighted by atomic mass is 16.3. The molecule has 1 N–H and O–H groups in total. The number of rotatable bonds is 3. The molecule has 0 spiro atoms. The van der Waals surface area contributed by atoms with Crippen LogP contribution in [-0.2, 0) is 0 Å². The van der Waals surface area contributed by atoms with E-state index >= 15 is 0 Å². The summed E-state index contributed by atoms with van der Waals surface area (Å²) in [6, 6.07) is 16.7. The number of phenols is 1. The molecule has 1 aliphatic rings. The molecule has 1 unspecified atom stereocenters. The minimum atomic E-state index is 0.320. The fourth-order valence-corrected chi connectivity index (χ4v) is 3.51. The van der Waals surface area contributed by atoms with Gasteiger partial charge in [-0.3, -0.25) is 0 Å². The second-order valence-corrected chi connectivity index (χ2v) is 6.33. The van der Waals surface area contributed by atoms with Crippen LogP contribution in [0.4, 0.5) is 0 Å². The maximum absolute atomic E-state index is 10.1. The Labute approximate surface area is 127 Å². The van der Waals surface area contributed by atoms with Crippen molar-refractivity contribution in [3.8, 4) is 5.75 Å². The average molecular weight is 280 g/mol. The Balaban J connectivity index is 1.90. The molecule has 0 aromatic heterocycles. The van der Waals surface area contributed by atoms with Crippen LogP contribution in [0.5, 0.6) is 5.75 Å². The van der Waals surface area contributed by atoms with Crippen LogP contribution in [0.25, 0.3) is 0 Å². The zero-order chi connectivity index (χ0) is 14.7. The Hall–Kier alpha value is -1.76. The fourth-order valence-electron chi connectivity index (χ4n) is 3.51. The van der Waals surface area contributed by atoms with E-state index in [1.807, 2.05) is 18.2 Å². The van der Waals surface area contributed by atoms with Gasteiger partial charge in [-0.05, 0) is 47.6 Å². The summed E-state index contributed by atoms with van der Waals surface area (Å²) < 4.78 is 0. The Morgan fingerprint density at radius 1 is 0.905 bits per heavy atom. The third kappa shape index (κ3) is 3.29. The SMILES string of the molecule is CC(c1ccccc1)c1cc(O)cc(C2CCCCC2)c1. The van der Waals surface area contributed by atoms with Gasteiger partial charge in [0.15, 0.2) is 0 Å². The van der Waals surface area contributed by atoms with E-state index in [0.717, 1.165) is 0 Å². The lowest BCUT2D eigenvalue weighted by Crippen LogP contribution is -2.06. The van der Waals surface area contributed by atoms with Crippen molar-refractivity contribution in [2.24, 2.45) is 0 Å². The predicted molar refractivity (Wildman–Crippen MR) is 87.9 cm³/mol. The highest BCUT2D eigenvalue weighted by molar-refractivity contribution is 5.41. The number of benzene rings is 2. The molecule has 1 saturated carbocycles. The van der Waals surface area contributed by atoms with Gasteiger partial charge >= 0.3 is 0 Å². The van der Waals surface area contributed by atoms with Crippen LogP contribution in [0.1, 0.15) is 67.6 Å². The van der Waals surface area contributed by atoms with Gasteiger partial charge in [-0.1, -0.05) is 62.6 Å². The highest BCUT2D eigenvalue weighted by Gasteiger charge is 2.18. The summed E-state index contributed by atoms with van der Waals surface area (Å²) in [5.41, 5.74) is 3.85. The topological polar surface area (TPSA) is 20.2 Å². The molecule has 0 saturated heterocycles. The van der Waals surface area contributed by atoms with E-state index in [9.17, 15) is 5.11 Å². The summed E-state index contributed by atoms with van der Waals surface area (Å²) in [6.07, 6.45) is 6.54. The summed E-state index contributed by atoms with van der Waals surface area (Å²) in [5, 5.41) is 10.1. The maximum atomic E-state index is 10.1. The van der Waals surface area contributed by atoms with Crippen molar-refractivity contribution < 1.29 is 5.11 Å². The minimum absolute atomic E-state index is 0.320. The molecule has 1 heteroatoms. The van der Waals surface area contributed by atoms with Gasteiger partial charge in [-0.2, -0.15) is 0 Å². The first-order valence-electron chi connectivity index (χ1n) is 8.13. The molecule has 2 aromatic rings. The standard InChI is InChI=1S/C20H24O/c1-15(16-8-4-2-5-9-16)18-12-19(14-20(21)13-18)17-10-6-3-7-11-17/h2,4-5,8-9,12-15,17,21H,3,6-7,10-11H2,1H3. The molecule has 0 aliphatic heterocycles. The van der Waals surface area contributed by atoms with Crippen molar-refractivity contribution >= 4 is 0 Å². The molecular weight excluding hydrogens is 256 g/mol. The van der Waals surface area contributed by atoms with E-state index in [2.05, 4.69) is 37.3 Å². The van der Waals surface area contributed by atoms with Gasteiger partial charge in [0.25, 0.3) is 0 Å². The molecular formula is C20H24O. The fraction of sp³-hybridized carbons (Fsp3) is 0.400. The van der Waals surface area contributed by atoms with Crippen LogP contribution in [-0.4, -0.2) is 5.11 Å². The Kier molecular flexibility index (Phi) is 4.28. The number of hydrogen-bond acceptors (Lipinski definition) is 1. The first kappa shape index (κ1) is 14.2. The molecule has 21 heavy (non-hydrogen) atoms. The lowest BCUT2D eigenvalue weighted by molar-refractivity contribution is 0.437. The second kappa shape index (κ2) is 6.34. The van der Waals surface area contributed by atoms with Crippen molar-refractivity contribution in [1.29, 1.82) is 0 Å². The third-order valence-electron chi connectivity index (χ3n) is 4.84. The second-order valence-electron chi connectivity index (χ2n) is 6.33. The summed E-state index contributed by atoms with van der Waals surface area (Å²) in [6.45, 7) is 2.22. The Morgan fingerprint density at radius 3 is 2.33 bits per heavy atom. The van der Waals surface area contributed by atoms with Crippen molar-refractivity contribution in [3.63, 3.8) is 0 Å². The van der Waals surface area contributed by atoms with Gasteiger partial charge in [0.1, 0.15) is 5.75 Å². The van der Waals surface area contributed by atoms with Gasteiger partial charge in [0.05, 0.1) is 0 Å². The van der Waals surface area contributed by atoms with Crippen LogP contribution in [0, 0.1) is 0 Å². The molecule has 1 fully saturated rings. The lowest BCUT2D eigenvalue weighted by Gasteiger charge is -2.23. The Morgan fingerprint density at radius 2 is 1.62 bits per heavy atom. The molecule has 1 aliphatic carbocycles. The summed E-state index contributed by atoms with van der Waals surface area (Å²) in [7, 11) is 0. The van der Waals surface area contributed by atoms with Gasteiger partial charge in [-0.25, -0.2) is 0 Å². The van der Waals surface area contributed by atoms with Gasteiger partial charge < -0.3 is 5.11 Å². The Bertz CT molecular complexity index is 582. The molecule has 0 amide bonds. The van der Waals surface area contributed by atoms with E-state index in [4.69, 9.17) is 0 Å². The molecule has 110 valence electrons. The normalized spacial score (nSPS) is 17.6. The van der Waals surface area contributed by atoms with Gasteiger partial charge in [0.2, 0.25) is 0 Å². The zero-order valence-electron chi connectivity index (χ0n) is 12.8. The summed E-state index contributed by atoms with van der Waals surface area (Å²) >= 11 is 0. The maximum Gasteiger partial charge on any atom is 0.116 e. The molecule has 1 nitrogen and oxygen atoms in total. The predicted octanol–water partition coefficient (Wildman–Crippen LogP) is 5.59. The first-order valence-corrected chi connectivity index (χ1v) is 8.13. The molecule has 0 bridgehead atoms. The molecule has 0 heterocycles. The van der Waals surface area contributed by atoms with E-state index in [0.29, 0.717) is 17.6 Å². The van der Waals surface area contributed by atoms with Crippen molar-refractivity contribution in [2.75, 3.05) is 0 Å². The molecule has 0 radical (unpaired) electrons. The highest BCUT2D eigenvalue weighted by Crippen LogP contribution is 2.36. The zero-order valence-corrected chi connectivity index (χ0v) is 12.8. The minimum Gasteiger partial charge on any atom is -0.508 e. The van der Waals surface area contributed by atoms with Crippen molar-refractivity contribution in [1.82, 2.24) is 0 Å². The summed E-state index contributed by atoms with van der Waals surface area (Å²) in [4.78, 5) is 0. The van der Waals surface area contributed by atoms with Crippen LogP contribution in [0.3, 0.4) is 0 Å². The van der Waals surface area contributed by atoms with Gasteiger partial charge in [-0.15, -0.1) is 0 Å². The van der Waals surface area contributed by atoms with E-state index in [-0.39, 0.29) is 0 Å². The monoisotopic (exact) mass is 280 g/mol. The number of hydrogen-bond donors (Lipinski definition) is 1. The van der Waals surface area contributed by atoms with Crippen LogP contribution in [0.15, 0.2) is 48.5 Å². The first-order chi connectivity index (χ1) is 10.2. The third-order valence-corrected chi connectivity index (χ3v) is 4.84. The average Bonchev–Trinajstić information content (AvgIpc) is 2.55. The summed E-state index contributed by atoms with van der Waals surface area (Å²) in [5.74, 6) is 1.36. The van der Waals surface area contributed by atoms with E-state index in [1.54, 1.807) is 0 Å². The molecule has 3 rings (SSSR count). The van der Waals surface area contributed by atoms with Crippen LogP contribution >= 0.6 is 0 Å². The molecule has 1 atom stereocenters. The quantitative estimate of drug-likeness (QED) is 0.776. The van der Waals surface area contributed by atoms with Gasteiger partial charge in [0, 0.05) is 5.92 Å². The molecule has 2 aromatic carbocycles. The number of phenolic OH excluding ortho intramolecular Hbond substituents is 1. The van der Waals surface area contributed by atoms with E-state index < -0.39 is 0 Å². The number of aromatic hydroxyl groups is 1. The van der Waals surface area contributed by atoms with E-state index in [1.165, 1.54) is 48.8 Å². The van der Waals surface area contributed by atoms with Crippen molar-refractivity contribution in [3.05, 3.63) is 65.2 Å². The lowest BCUT2D eigenvalue weighted by atomic mass is 9.82. The largest absolute Gasteiger partial charge is 0.508 e.